The van der Waals surface area contributed by atoms with Crippen LogP contribution in [0.1, 0.15) is 11.1 Å². The van der Waals surface area contributed by atoms with Crippen molar-refractivity contribution >= 4 is 11.6 Å². The molecule has 15 heavy (non-hydrogen) atoms. The normalized spacial score (nSPS) is 11.0. The SMILES string of the molecule is NCc1ccc(COCC(F)F)c(Cl)c1. The van der Waals surface area contributed by atoms with Gasteiger partial charge in [-0.1, -0.05) is 23.7 Å². The molecule has 0 aliphatic heterocycles. The Morgan fingerprint density at radius 3 is 2.67 bits per heavy atom. The maximum absolute atomic E-state index is 11.8. The summed E-state index contributed by atoms with van der Waals surface area (Å²) in [7, 11) is 0. The standard InChI is InChI=1S/C10H12ClF2NO/c11-9-3-7(4-14)1-2-8(9)5-15-6-10(12)13/h1-3,10H,4-6,14H2. The lowest BCUT2D eigenvalue weighted by Crippen LogP contribution is -2.05. The molecule has 84 valence electrons. The fraction of sp³-hybridized carbons (Fsp3) is 0.400. The highest BCUT2D eigenvalue weighted by Crippen LogP contribution is 2.18. The average Bonchev–Trinajstić information content (AvgIpc) is 2.20. The van der Waals surface area contributed by atoms with Crippen LogP contribution in [0.15, 0.2) is 18.2 Å². The molecule has 0 aliphatic carbocycles. The summed E-state index contributed by atoms with van der Waals surface area (Å²) in [4.78, 5) is 0. The molecule has 0 aliphatic rings. The molecule has 0 saturated heterocycles. The predicted molar refractivity (Wildman–Crippen MR) is 55.0 cm³/mol. The number of nitrogens with two attached hydrogens (primary N) is 1. The van der Waals surface area contributed by atoms with Gasteiger partial charge in [0.1, 0.15) is 6.61 Å². The van der Waals surface area contributed by atoms with E-state index in [0.29, 0.717) is 17.1 Å². The Morgan fingerprint density at radius 1 is 1.40 bits per heavy atom. The van der Waals surface area contributed by atoms with Gasteiger partial charge in [-0.25, -0.2) is 8.78 Å². The quantitative estimate of drug-likeness (QED) is 0.852. The van der Waals surface area contributed by atoms with Crippen LogP contribution >= 0.6 is 11.6 Å². The molecule has 0 atom stereocenters. The summed E-state index contributed by atoms with van der Waals surface area (Å²) in [5, 5.41) is 0.493. The van der Waals surface area contributed by atoms with Gasteiger partial charge >= 0.3 is 0 Å². The van der Waals surface area contributed by atoms with Crippen LogP contribution in [0.25, 0.3) is 0 Å². The molecular weight excluding hydrogens is 224 g/mol. The maximum atomic E-state index is 11.8. The molecule has 1 rings (SSSR count). The van der Waals surface area contributed by atoms with E-state index in [0.717, 1.165) is 5.56 Å². The molecule has 0 spiro atoms. The minimum atomic E-state index is -2.45. The number of hydrogen-bond donors (Lipinski definition) is 1. The zero-order valence-electron chi connectivity index (χ0n) is 8.05. The summed E-state index contributed by atoms with van der Waals surface area (Å²) in [6.45, 7) is -0.0825. The Hall–Kier alpha value is -0.710. The van der Waals surface area contributed by atoms with Crippen LogP contribution in [0.3, 0.4) is 0 Å². The molecular formula is C10H12ClF2NO. The number of benzene rings is 1. The van der Waals surface area contributed by atoms with E-state index in [1.807, 2.05) is 0 Å². The summed E-state index contributed by atoms with van der Waals surface area (Å²) >= 11 is 5.90. The van der Waals surface area contributed by atoms with Crippen LogP contribution in [0, 0.1) is 0 Å². The molecule has 1 aromatic rings. The van der Waals surface area contributed by atoms with Crippen molar-refractivity contribution in [2.75, 3.05) is 6.61 Å². The fourth-order valence-corrected chi connectivity index (χ4v) is 1.35. The fourth-order valence-electron chi connectivity index (χ4n) is 1.09. The Kier molecular flexibility index (Phi) is 4.94. The molecule has 0 amide bonds. The maximum Gasteiger partial charge on any atom is 0.261 e. The van der Waals surface area contributed by atoms with Crippen molar-refractivity contribution in [1.82, 2.24) is 0 Å². The van der Waals surface area contributed by atoms with Crippen LogP contribution in [-0.2, 0) is 17.9 Å². The summed E-state index contributed by atoms with van der Waals surface area (Å²) < 4.78 is 28.3. The molecule has 0 radical (unpaired) electrons. The highest BCUT2D eigenvalue weighted by Gasteiger charge is 2.05. The first-order chi connectivity index (χ1) is 7.13. The number of halogens is 3. The van der Waals surface area contributed by atoms with Crippen molar-refractivity contribution in [1.29, 1.82) is 0 Å². The second-order valence-electron chi connectivity index (χ2n) is 3.04. The Labute approximate surface area is 92.0 Å². The minimum Gasteiger partial charge on any atom is -0.371 e. The van der Waals surface area contributed by atoms with E-state index < -0.39 is 13.0 Å². The molecule has 2 nitrogen and oxygen atoms in total. The Balaban J connectivity index is 2.54. The van der Waals surface area contributed by atoms with E-state index in [4.69, 9.17) is 22.1 Å². The summed E-state index contributed by atoms with van der Waals surface area (Å²) in [6.07, 6.45) is -2.45. The van der Waals surface area contributed by atoms with Crippen molar-refractivity contribution in [2.45, 2.75) is 19.6 Å². The summed E-state index contributed by atoms with van der Waals surface area (Å²) in [6, 6.07) is 5.24. The molecule has 2 N–H and O–H groups in total. The lowest BCUT2D eigenvalue weighted by molar-refractivity contribution is 0.00990. The topological polar surface area (TPSA) is 35.2 Å². The van der Waals surface area contributed by atoms with Gasteiger partial charge in [-0.15, -0.1) is 0 Å². The first-order valence-corrected chi connectivity index (χ1v) is 4.84. The first-order valence-electron chi connectivity index (χ1n) is 4.46. The third-order valence-electron chi connectivity index (χ3n) is 1.85. The second kappa shape index (κ2) is 6.00. The van der Waals surface area contributed by atoms with Crippen molar-refractivity contribution in [3.63, 3.8) is 0 Å². The van der Waals surface area contributed by atoms with Gasteiger partial charge in [-0.3, -0.25) is 0 Å². The van der Waals surface area contributed by atoms with E-state index in [2.05, 4.69) is 0 Å². The van der Waals surface area contributed by atoms with Gasteiger partial charge in [0.05, 0.1) is 6.61 Å². The number of ether oxygens (including phenoxy) is 1. The van der Waals surface area contributed by atoms with E-state index in [-0.39, 0.29) is 6.61 Å². The Morgan fingerprint density at radius 2 is 2.13 bits per heavy atom. The third kappa shape index (κ3) is 4.11. The molecule has 0 saturated carbocycles. The van der Waals surface area contributed by atoms with Crippen molar-refractivity contribution in [3.8, 4) is 0 Å². The van der Waals surface area contributed by atoms with Crippen LogP contribution in [0.2, 0.25) is 5.02 Å². The smallest absolute Gasteiger partial charge is 0.261 e. The lowest BCUT2D eigenvalue weighted by atomic mass is 10.1. The van der Waals surface area contributed by atoms with Crippen molar-refractivity contribution in [3.05, 3.63) is 34.3 Å². The molecule has 5 heteroatoms. The molecule has 0 heterocycles. The van der Waals surface area contributed by atoms with E-state index in [1.165, 1.54) is 0 Å². The highest BCUT2D eigenvalue weighted by atomic mass is 35.5. The van der Waals surface area contributed by atoms with Gasteiger partial charge in [0.25, 0.3) is 6.43 Å². The zero-order chi connectivity index (χ0) is 11.3. The van der Waals surface area contributed by atoms with Gasteiger partial charge in [0, 0.05) is 11.6 Å². The second-order valence-corrected chi connectivity index (χ2v) is 3.44. The van der Waals surface area contributed by atoms with Crippen LogP contribution in [0.5, 0.6) is 0 Å². The third-order valence-corrected chi connectivity index (χ3v) is 2.21. The summed E-state index contributed by atoms with van der Waals surface area (Å²) in [5.41, 5.74) is 7.01. The zero-order valence-corrected chi connectivity index (χ0v) is 8.81. The lowest BCUT2D eigenvalue weighted by Gasteiger charge is -2.07. The number of rotatable bonds is 5. The largest absolute Gasteiger partial charge is 0.371 e. The van der Waals surface area contributed by atoms with Gasteiger partial charge < -0.3 is 10.5 Å². The van der Waals surface area contributed by atoms with Gasteiger partial charge in [-0.05, 0) is 17.2 Å². The van der Waals surface area contributed by atoms with Gasteiger partial charge in [0.2, 0.25) is 0 Å². The van der Waals surface area contributed by atoms with E-state index in [9.17, 15) is 8.78 Å². The molecule has 0 unspecified atom stereocenters. The molecule has 0 aromatic heterocycles. The molecule has 0 fully saturated rings. The van der Waals surface area contributed by atoms with Crippen LogP contribution in [0.4, 0.5) is 8.78 Å². The van der Waals surface area contributed by atoms with Crippen molar-refractivity contribution < 1.29 is 13.5 Å². The van der Waals surface area contributed by atoms with Gasteiger partial charge in [-0.2, -0.15) is 0 Å². The first kappa shape index (κ1) is 12.4. The van der Waals surface area contributed by atoms with E-state index in [1.54, 1.807) is 18.2 Å². The van der Waals surface area contributed by atoms with E-state index >= 15 is 0 Å². The minimum absolute atomic E-state index is 0.0913. The number of hydrogen-bond acceptors (Lipinski definition) is 2. The predicted octanol–water partition coefficient (Wildman–Crippen LogP) is 2.58. The van der Waals surface area contributed by atoms with Crippen LogP contribution in [-0.4, -0.2) is 13.0 Å². The van der Waals surface area contributed by atoms with Crippen molar-refractivity contribution in [2.24, 2.45) is 5.73 Å². The molecule has 0 bridgehead atoms. The monoisotopic (exact) mass is 235 g/mol. The van der Waals surface area contributed by atoms with Gasteiger partial charge in [0.15, 0.2) is 0 Å². The average molecular weight is 236 g/mol. The number of alkyl halides is 2. The van der Waals surface area contributed by atoms with Crippen LogP contribution < -0.4 is 5.73 Å². The summed E-state index contributed by atoms with van der Waals surface area (Å²) in [5.74, 6) is 0. The molecule has 1 aromatic carbocycles. The Bertz CT molecular complexity index is 320. The highest BCUT2D eigenvalue weighted by molar-refractivity contribution is 6.31.